The van der Waals surface area contributed by atoms with Crippen LogP contribution in [-0.2, 0) is 16.1 Å². The highest BCUT2D eigenvalue weighted by Gasteiger charge is 2.54. The number of carbonyl (C=O) groups excluding carboxylic acids is 2. The van der Waals surface area contributed by atoms with E-state index in [4.69, 9.17) is 0 Å². The van der Waals surface area contributed by atoms with Crippen molar-refractivity contribution in [2.24, 2.45) is 17.3 Å². The maximum Gasteiger partial charge on any atom is 0.225 e. The van der Waals surface area contributed by atoms with E-state index in [0.717, 1.165) is 24.9 Å². The third kappa shape index (κ3) is 3.45. The third-order valence-electron chi connectivity index (χ3n) is 5.47. The zero-order valence-corrected chi connectivity index (χ0v) is 14.6. The number of hydrogen-bond donors (Lipinski definition) is 1. The van der Waals surface area contributed by atoms with Gasteiger partial charge in [-0.2, -0.15) is 0 Å². The van der Waals surface area contributed by atoms with Gasteiger partial charge in [-0.3, -0.25) is 14.6 Å². The molecule has 1 saturated heterocycles. The van der Waals surface area contributed by atoms with E-state index >= 15 is 0 Å². The molecule has 1 atom stereocenters. The predicted molar refractivity (Wildman–Crippen MR) is 91.9 cm³/mol. The van der Waals surface area contributed by atoms with Crippen molar-refractivity contribution in [2.75, 3.05) is 13.1 Å². The van der Waals surface area contributed by atoms with Crippen molar-refractivity contribution in [2.45, 2.75) is 46.1 Å². The van der Waals surface area contributed by atoms with Crippen LogP contribution in [0.1, 0.15) is 45.1 Å². The van der Waals surface area contributed by atoms with Crippen LogP contribution in [0.3, 0.4) is 0 Å². The van der Waals surface area contributed by atoms with Gasteiger partial charge in [0.15, 0.2) is 0 Å². The molecule has 3 rings (SSSR count). The fourth-order valence-electron chi connectivity index (χ4n) is 3.95. The molecule has 2 amide bonds. The second-order valence-electron chi connectivity index (χ2n) is 7.71. The molecule has 5 heteroatoms. The lowest BCUT2D eigenvalue weighted by Gasteiger charge is -2.41. The van der Waals surface area contributed by atoms with Crippen LogP contribution in [0.5, 0.6) is 0 Å². The fraction of sp³-hybridized carbons (Fsp3) is 0.632. The molecule has 1 aliphatic heterocycles. The SMILES string of the molecule is CC(C)CC(=O)N1CC(C(=O)NCc2ccncc2)C2(CCC2)C1. The van der Waals surface area contributed by atoms with E-state index in [1.165, 1.54) is 6.42 Å². The van der Waals surface area contributed by atoms with Gasteiger partial charge in [0.2, 0.25) is 11.8 Å². The van der Waals surface area contributed by atoms with Gasteiger partial charge < -0.3 is 10.2 Å². The minimum atomic E-state index is -0.0656. The highest BCUT2D eigenvalue weighted by molar-refractivity contribution is 5.83. The van der Waals surface area contributed by atoms with Crippen molar-refractivity contribution < 1.29 is 9.59 Å². The lowest BCUT2D eigenvalue weighted by molar-refractivity contribution is -0.131. The summed E-state index contributed by atoms with van der Waals surface area (Å²) in [5.74, 6) is 0.575. The average Bonchev–Trinajstić information content (AvgIpc) is 2.94. The largest absolute Gasteiger partial charge is 0.352 e. The van der Waals surface area contributed by atoms with Crippen molar-refractivity contribution in [1.29, 1.82) is 0 Å². The molecule has 1 aromatic heterocycles. The van der Waals surface area contributed by atoms with Gasteiger partial charge in [0, 0.05) is 43.9 Å². The molecule has 0 bridgehead atoms. The molecule has 1 unspecified atom stereocenters. The van der Waals surface area contributed by atoms with Gasteiger partial charge in [-0.15, -0.1) is 0 Å². The lowest BCUT2D eigenvalue weighted by atomic mass is 9.62. The van der Waals surface area contributed by atoms with Crippen LogP contribution in [0.25, 0.3) is 0 Å². The molecular weight excluding hydrogens is 302 g/mol. The van der Waals surface area contributed by atoms with Gasteiger partial charge in [0.05, 0.1) is 5.92 Å². The molecule has 0 radical (unpaired) electrons. The van der Waals surface area contributed by atoms with E-state index in [2.05, 4.69) is 24.1 Å². The third-order valence-corrected chi connectivity index (χ3v) is 5.47. The molecular formula is C19H27N3O2. The molecule has 1 aliphatic carbocycles. The van der Waals surface area contributed by atoms with Crippen LogP contribution in [0, 0.1) is 17.3 Å². The van der Waals surface area contributed by atoms with Crippen molar-refractivity contribution >= 4 is 11.8 Å². The minimum Gasteiger partial charge on any atom is -0.352 e. The predicted octanol–water partition coefficient (Wildman–Crippen LogP) is 2.37. The van der Waals surface area contributed by atoms with E-state index in [1.807, 2.05) is 17.0 Å². The van der Waals surface area contributed by atoms with E-state index in [9.17, 15) is 9.59 Å². The molecule has 2 fully saturated rings. The van der Waals surface area contributed by atoms with Crippen LogP contribution in [0.2, 0.25) is 0 Å². The summed E-state index contributed by atoms with van der Waals surface area (Å²) in [4.78, 5) is 31.1. The number of rotatable bonds is 5. The number of pyridine rings is 1. The number of nitrogens with zero attached hydrogens (tertiary/aromatic N) is 2. The second kappa shape index (κ2) is 6.91. The van der Waals surface area contributed by atoms with E-state index in [0.29, 0.717) is 25.4 Å². The number of nitrogens with one attached hydrogen (secondary N) is 1. The quantitative estimate of drug-likeness (QED) is 0.902. The molecule has 24 heavy (non-hydrogen) atoms. The van der Waals surface area contributed by atoms with Crippen LogP contribution in [0.4, 0.5) is 0 Å². The molecule has 130 valence electrons. The summed E-state index contributed by atoms with van der Waals surface area (Å²) in [6.07, 6.45) is 7.33. The topological polar surface area (TPSA) is 62.3 Å². The number of likely N-dealkylation sites (tertiary alicyclic amines) is 1. The number of aromatic nitrogens is 1. The highest BCUT2D eigenvalue weighted by Crippen LogP contribution is 2.51. The summed E-state index contributed by atoms with van der Waals surface area (Å²) in [6.45, 7) is 5.98. The van der Waals surface area contributed by atoms with Crippen LogP contribution in [0.15, 0.2) is 24.5 Å². The van der Waals surface area contributed by atoms with Crippen LogP contribution < -0.4 is 5.32 Å². The average molecular weight is 329 g/mol. The Balaban J connectivity index is 1.62. The molecule has 5 nitrogen and oxygen atoms in total. The minimum absolute atomic E-state index is 0.0228. The monoisotopic (exact) mass is 329 g/mol. The molecule has 2 aliphatic rings. The van der Waals surface area contributed by atoms with E-state index < -0.39 is 0 Å². The number of hydrogen-bond acceptors (Lipinski definition) is 3. The lowest BCUT2D eigenvalue weighted by Crippen LogP contribution is -2.45. The molecule has 1 spiro atoms. The maximum absolute atomic E-state index is 12.8. The Morgan fingerprint density at radius 3 is 2.62 bits per heavy atom. The first-order valence-corrected chi connectivity index (χ1v) is 8.94. The summed E-state index contributed by atoms with van der Waals surface area (Å²) in [7, 11) is 0. The maximum atomic E-state index is 12.8. The van der Waals surface area contributed by atoms with Crippen LogP contribution >= 0.6 is 0 Å². The van der Waals surface area contributed by atoms with E-state index in [-0.39, 0.29) is 23.1 Å². The number of carbonyl (C=O) groups is 2. The summed E-state index contributed by atoms with van der Waals surface area (Å²) in [6, 6.07) is 3.82. The Hall–Kier alpha value is -1.91. The second-order valence-corrected chi connectivity index (χ2v) is 7.71. The standard InChI is InChI=1S/C19H27N3O2/c1-14(2)10-17(23)22-12-16(19(13-22)6-3-7-19)18(24)21-11-15-4-8-20-9-5-15/h4-5,8-9,14,16H,3,6-7,10-13H2,1-2H3,(H,21,24). The first kappa shape index (κ1) is 16.9. The van der Waals surface area contributed by atoms with Crippen molar-refractivity contribution in [1.82, 2.24) is 15.2 Å². The van der Waals surface area contributed by atoms with Crippen molar-refractivity contribution in [3.8, 4) is 0 Å². The van der Waals surface area contributed by atoms with E-state index in [1.54, 1.807) is 12.4 Å². The van der Waals surface area contributed by atoms with Gasteiger partial charge in [0.25, 0.3) is 0 Å². The zero-order chi connectivity index (χ0) is 17.2. The normalized spacial score (nSPS) is 21.8. The van der Waals surface area contributed by atoms with Gasteiger partial charge in [-0.1, -0.05) is 20.3 Å². The Bertz CT molecular complexity index is 596. The summed E-state index contributed by atoms with van der Waals surface area (Å²) in [5.41, 5.74) is 1.07. The Morgan fingerprint density at radius 2 is 2.04 bits per heavy atom. The van der Waals surface area contributed by atoms with Gasteiger partial charge in [-0.05, 0) is 36.5 Å². The summed E-state index contributed by atoms with van der Waals surface area (Å²) < 4.78 is 0. The van der Waals surface area contributed by atoms with Gasteiger partial charge in [-0.25, -0.2) is 0 Å². The van der Waals surface area contributed by atoms with Gasteiger partial charge in [0.1, 0.15) is 0 Å². The zero-order valence-electron chi connectivity index (χ0n) is 14.6. The highest BCUT2D eigenvalue weighted by atomic mass is 16.2. The smallest absolute Gasteiger partial charge is 0.225 e. The fourth-order valence-corrected chi connectivity index (χ4v) is 3.95. The number of amides is 2. The van der Waals surface area contributed by atoms with Gasteiger partial charge >= 0.3 is 0 Å². The van der Waals surface area contributed by atoms with Crippen molar-refractivity contribution in [3.63, 3.8) is 0 Å². The first-order chi connectivity index (χ1) is 11.5. The van der Waals surface area contributed by atoms with Crippen LogP contribution in [-0.4, -0.2) is 34.8 Å². The molecule has 2 heterocycles. The summed E-state index contributed by atoms with van der Waals surface area (Å²) >= 11 is 0. The molecule has 0 aromatic carbocycles. The molecule has 1 aromatic rings. The Morgan fingerprint density at radius 1 is 1.33 bits per heavy atom. The Labute approximate surface area is 143 Å². The first-order valence-electron chi connectivity index (χ1n) is 8.94. The molecule has 1 N–H and O–H groups in total. The molecule has 1 saturated carbocycles. The summed E-state index contributed by atoms with van der Waals surface area (Å²) in [5, 5.41) is 3.06. The Kier molecular flexibility index (Phi) is 4.88. The van der Waals surface area contributed by atoms with Crippen molar-refractivity contribution in [3.05, 3.63) is 30.1 Å².